The summed E-state index contributed by atoms with van der Waals surface area (Å²) in [5, 5.41) is 6.39. The Bertz CT molecular complexity index is 1090. The van der Waals surface area contributed by atoms with Crippen LogP contribution in [0.2, 0.25) is 0 Å². The van der Waals surface area contributed by atoms with Crippen LogP contribution in [0, 0.1) is 17.7 Å². The molecular formula is C24H33FN4O4S. The van der Waals surface area contributed by atoms with Crippen molar-refractivity contribution in [2.24, 2.45) is 11.8 Å². The van der Waals surface area contributed by atoms with E-state index >= 15 is 0 Å². The number of nitrogens with one attached hydrogen (secondary N) is 2. The molecule has 3 rings (SSSR count). The van der Waals surface area contributed by atoms with Gasteiger partial charge >= 0.3 is 6.09 Å². The minimum absolute atomic E-state index is 0.0616. The van der Waals surface area contributed by atoms with Crippen molar-refractivity contribution in [3.8, 4) is 0 Å². The van der Waals surface area contributed by atoms with Crippen LogP contribution in [0.15, 0.2) is 41.4 Å². The molecule has 1 fully saturated rings. The van der Waals surface area contributed by atoms with Crippen LogP contribution in [0.3, 0.4) is 0 Å². The first-order valence-corrected chi connectivity index (χ1v) is 13.3. The maximum atomic E-state index is 14.3. The lowest BCUT2D eigenvalue weighted by Gasteiger charge is -2.31. The van der Waals surface area contributed by atoms with E-state index in [-0.39, 0.29) is 16.7 Å². The lowest BCUT2D eigenvalue weighted by atomic mass is 9.97. The fourth-order valence-corrected chi connectivity index (χ4v) is 4.32. The number of amides is 1. The molecule has 0 radical (unpaired) electrons. The molecule has 10 heteroatoms. The fourth-order valence-electron chi connectivity index (χ4n) is 3.69. The summed E-state index contributed by atoms with van der Waals surface area (Å²) in [6.45, 7) is 7.25. The number of rotatable bonds is 9. The van der Waals surface area contributed by atoms with Crippen LogP contribution in [0.1, 0.15) is 32.4 Å². The van der Waals surface area contributed by atoms with Crippen LogP contribution in [0.4, 0.5) is 20.6 Å². The van der Waals surface area contributed by atoms with Crippen molar-refractivity contribution in [2.75, 3.05) is 37.8 Å². The van der Waals surface area contributed by atoms with E-state index in [2.05, 4.69) is 15.6 Å². The number of ether oxygens (including phenoxy) is 1. The van der Waals surface area contributed by atoms with E-state index < -0.39 is 15.7 Å². The predicted molar refractivity (Wildman–Crippen MR) is 129 cm³/mol. The van der Waals surface area contributed by atoms with Crippen LogP contribution < -0.4 is 10.6 Å². The molecule has 0 saturated carbocycles. The fraction of sp³-hybridized carbons (Fsp3) is 0.500. The Hall–Kier alpha value is -2.72. The van der Waals surface area contributed by atoms with Crippen LogP contribution in [0.5, 0.6) is 0 Å². The quantitative estimate of drug-likeness (QED) is 0.546. The molecule has 0 unspecified atom stereocenters. The van der Waals surface area contributed by atoms with Gasteiger partial charge in [0, 0.05) is 37.8 Å². The van der Waals surface area contributed by atoms with E-state index in [1.807, 2.05) is 19.9 Å². The van der Waals surface area contributed by atoms with Gasteiger partial charge in [0.05, 0.1) is 22.9 Å². The third kappa shape index (κ3) is 7.66. The van der Waals surface area contributed by atoms with Crippen molar-refractivity contribution in [3.05, 3.63) is 48.0 Å². The number of likely N-dealkylation sites (tertiary alicyclic amines) is 1. The smallest absolute Gasteiger partial charge is 0.409 e. The zero-order valence-electron chi connectivity index (χ0n) is 19.9. The van der Waals surface area contributed by atoms with Gasteiger partial charge in [-0.25, -0.2) is 17.6 Å². The van der Waals surface area contributed by atoms with E-state index in [0.717, 1.165) is 37.4 Å². The molecule has 1 aliphatic heterocycles. The Morgan fingerprint density at radius 2 is 1.97 bits per heavy atom. The number of halogens is 1. The van der Waals surface area contributed by atoms with Gasteiger partial charge in [-0.3, -0.25) is 4.98 Å². The lowest BCUT2D eigenvalue weighted by Crippen LogP contribution is -2.41. The van der Waals surface area contributed by atoms with Gasteiger partial charge in [-0.1, -0.05) is 13.8 Å². The first-order valence-electron chi connectivity index (χ1n) is 11.5. The van der Waals surface area contributed by atoms with Crippen LogP contribution in [0.25, 0.3) is 0 Å². The zero-order valence-corrected chi connectivity index (χ0v) is 20.7. The molecule has 8 nitrogen and oxygen atoms in total. The van der Waals surface area contributed by atoms with Crippen LogP contribution >= 0.6 is 0 Å². The highest BCUT2D eigenvalue weighted by atomic mass is 32.2. The Kier molecular flexibility index (Phi) is 8.84. The van der Waals surface area contributed by atoms with Gasteiger partial charge in [-0.05, 0) is 61.6 Å². The standard InChI is InChI=1S/C24H33FN4O4S/c1-17(2)16-33-24(30)29-10-7-18(8-11-29)14-26-15-20-12-19(6-9-27-20)28-23-5-4-21(13-22(23)25)34(3,31)32/h4-6,9,12-13,17-18,26H,7-8,10-11,14-16H2,1-3H3,(H,27,28). The van der Waals surface area contributed by atoms with Crippen LogP contribution in [-0.2, 0) is 21.1 Å². The Labute approximate surface area is 200 Å². The normalized spacial score (nSPS) is 14.9. The summed E-state index contributed by atoms with van der Waals surface area (Å²) >= 11 is 0. The van der Waals surface area contributed by atoms with Crippen LogP contribution in [-0.4, -0.2) is 56.9 Å². The van der Waals surface area contributed by atoms with Gasteiger partial charge in [0.1, 0.15) is 5.82 Å². The van der Waals surface area contributed by atoms with Gasteiger partial charge in [0.2, 0.25) is 0 Å². The number of pyridine rings is 1. The molecule has 1 saturated heterocycles. The van der Waals surface area contributed by atoms with Crippen molar-refractivity contribution in [1.82, 2.24) is 15.2 Å². The Balaban J connectivity index is 1.45. The predicted octanol–water partition coefficient (Wildman–Crippen LogP) is 3.96. The summed E-state index contributed by atoms with van der Waals surface area (Å²) in [5.74, 6) is 0.157. The third-order valence-electron chi connectivity index (χ3n) is 5.62. The maximum absolute atomic E-state index is 14.3. The molecule has 2 N–H and O–H groups in total. The summed E-state index contributed by atoms with van der Waals surface area (Å²) in [4.78, 5) is 18.1. The molecule has 0 aliphatic carbocycles. The number of hydrogen-bond acceptors (Lipinski definition) is 7. The number of benzene rings is 1. The first-order chi connectivity index (χ1) is 16.1. The highest BCUT2D eigenvalue weighted by Gasteiger charge is 2.23. The van der Waals surface area contributed by atoms with Gasteiger partial charge in [0.25, 0.3) is 0 Å². The summed E-state index contributed by atoms with van der Waals surface area (Å²) in [6.07, 6.45) is 4.30. The van der Waals surface area contributed by atoms with Gasteiger partial charge in [-0.15, -0.1) is 0 Å². The van der Waals surface area contributed by atoms with Gasteiger partial charge < -0.3 is 20.3 Å². The van der Waals surface area contributed by atoms with E-state index in [4.69, 9.17) is 4.74 Å². The average Bonchev–Trinajstić information content (AvgIpc) is 2.79. The van der Waals surface area contributed by atoms with Crippen molar-refractivity contribution >= 4 is 27.3 Å². The molecule has 1 amide bonds. The number of aromatic nitrogens is 1. The van der Waals surface area contributed by atoms with Gasteiger partial charge in [-0.2, -0.15) is 0 Å². The minimum atomic E-state index is -3.47. The number of hydrogen-bond donors (Lipinski definition) is 2. The van der Waals surface area contributed by atoms with Crippen molar-refractivity contribution in [1.29, 1.82) is 0 Å². The second-order valence-corrected chi connectivity index (χ2v) is 11.1. The number of carbonyl (C=O) groups is 1. The maximum Gasteiger partial charge on any atom is 0.409 e. The number of nitrogens with zero attached hydrogens (tertiary/aromatic N) is 2. The number of anilines is 2. The number of carbonyl (C=O) groups excluding carboxylic acids is 1. The number of sulfone groups is 1. The minimum Gasteiger partial charge on any atom is -0.449 e. The first kappa shape index (κ1) is 25.9. The largest absolute Gasteiger partial charge is 0.449 e. The van der Waals surface area contributed by atoms with E-state index in [1.165, 1.54) is 12.1 Å². The Morgan fingerprint density at radius 3 is 2.62 bits per heavy atom. The van der Waals surface area contributed by atoms with Crippen molar-refractivity contribution < 1.29 is 22.3 Å². The molecule has 1 aromatic heterocycles. The molecule has 1 aromatic carbocycles. The average molecular weight is 493 g/mol. The van der Waals surface area contributed by atoms with Gasteiger partial charge in [0.15, 0.2) is 9.84 Å². The molecule has 186 valence electrons. The van der Waals surface area contributed by atoms with E-state index in [1.54, 1.807) is 17.2 Å². The zero-order chi connectivity index (χ0) is 24.7. The Morgan fingerprint density at radius 1 is 1.24 bits per heavy atom. The van der Waals surface area contributed by atoms with Crippen molar-refractivity contribution in [2.45, 2.75) is 38.1 Å². The van der Waals surface area contributed by atoms with Crippen molar-refractivity contribution in [3.63, 3.8) is 0 Å². The highest BCUT2D eigenvalue weighted by molar-refractivity contribution is 7.90. The highest BCUT2D eigenvalue weighted by Crippen LogP contribution is 2.23. The monoisotopic (exact) mass is 492 g/mol. The molecule has 1 aliphatic rings. The van der Waals surface area contributed by atoms with E-state index in [0.29, 0.717) is 43.8 Å². The molecule has 2 aromatic rings. The second kappa shape index (κ2) is 11.6. The lowest BCUT2D eigenvalue weighted by molar-refractivity contribution is 0.0789. The summed E-state index contributed by atoms with van der Waals surface area (Å²) in [7, 11) is -3.47. The summed E-state index contributed by atoms with van der Waals surface area (Å²) in [6, 6.07) is 7.34. The third-order valence-corrected chi connectivity index (χ3v) is 6.73. The topological polar surface area (TPSA) is 101 Å². The molecule has 34 heavy (non-hydrogen) atoms. The number of piperidine rings is 1. The second-order valence-electron chi connectivity index (χ2n) is 9.11. The summed E-state index contributed by atoms with van der Waals surface area (Å²) in [5.41, 5.74) is 1.65. The SMILES string of the molecule is CC(C)COC(=O)N1CCC(CNCc2cc(Nc3ccc(S(C)(=O)=O)cc3F)ccn2)CC1. The molecule has 0 bridgehead atoms. The molecule has 0 atom stereocenters. The molecular weight excluding hydrogens is 459 g/mol. The molecule has 0 spiro atoms. The summed E-state index contributed by atoms with van der Waals surface area (Å²) < 4.78 is 42.8. The van der Waals surface area contributed by atoms with E-state index in [9.17, 15) is 17.6 Å². The molecule has 2 heterocycles.